The van der Waals surface area contributed by atoms with Gasteiger partial charge in [-0.2, -0.15) is 0 Å². The summed E-state index contributed by atoms with van der Waals surface area (Å²) in [5, 5.41) is 1.41. The monoisotopic (exact) mass is 440 g/mol. The molecular formula is C24H32N2OSiTi. The molecular weight excluding hydrogens is 408 g/mol. The van der Waals surface area contributed by atoms with E-state index in [1.165, 1.54) is 35.1 Å². The van der Waals surface area contributed by atoms with Gasteiger partial charge in [-0.25, -0.2) is 0 Å². The Labute approximate surface area is 186 Å². The fourth-order valence-electron chi connectivity index (χ4n) is 4.79. The van der Waals surface area contributed by atoms with E-state index in [2.05, 4.69) is 90.0 Å². The molecule has 4 rings (SSSR count). The molecule has 1 aliphatic rings. The summed E-state index contributed by atoms with van der Waals surface area (Å²) in [6.45, 7) is 12.2. The molecule has 2 aromatic carbocycles. The summed E-state index contributed by atoms with van der Waals surface area (Å²) in [5.41, 5.74) is 5.94. The molecule has 0 amide bonds. The van der Waals surface area contributed by atoms with Crippen molar-refractivity contribution in [2.24, 2.45) is 0 Å². The molecule has 1 atom stereocenters. The van der Waals surface area contributed by atoms with E-state index in [4.69, 9.17) is 4.74 Å². The minimum atomic E-state index is -0.812. The average Bonchev–Trinajstić information content (AvgIpc) is 3.21. The zero-order chi connectivity index (χ0) is 20.8. The standard InChI is InChI=1S/C18H16NO.C6H16NSi.Ti/c1-20-14-10-11-16-15-8-5-9-17(15)19(18(16)12-14)13-6-3-2-4-7-13;1-6(2,3)7-8(4)5;/h2-7,10-12H,8-9H2,1H3;8H,1-5H3;/q;-1;+1. The molecule has 1 unspecified atom stereocenters. The predicted molar refractivity (Wildman–Crippen MR) is 121 cm³/mol. The summed E-state index contributed by atoms with van der Waals surface area (Å²) < 4.78 is 11.8. The second kappa shape index (κ2) is 8.07. The second-order valence-electron chi connectivity index (χ2n) is 9.35. The third kappa shape index (κ3) is 4.00. The van der Waals surface area contributed by atoms with Crippen molar-refractivity contribution in [3.8, 4) is 11.4 Å². The first-order valence-electron chi connectivity index (χ1n) is 10.6. The number of aromatic nitrogens is 1. The normalized spacial score (nSPS) is 16.6. The molecule has 1 heterocycles. The van der Waals surface area contributed by atoms with Gasteiger partial charge >= 0.3 is 186 Å². The number of hydrogen-bond acceptors (Lipinski definition) is 2. The molecule has 0 saturated heterocycles. The Balaban J connectivity index is 1.76. The predicted octanol–water partition coefficient (Wildman–Crippen LogP) is 5.61. The quantitative estimate of drug-likeness (QED) is 0.480. The van der Waals surface area contributed by atoms with Crippen LogP contribution in [0.25, 0.3) is 16.6 Å². The van der Waals surface area contributed by atoms with Gasteiger partial charge in [0.1, 0.15) is 0 Å². The van der Waals surface area contributed by atoms with Crippen LogP contribution >= 0.6 is 0 Å². The van der Waals surface area contributed by atoms with Crippen LogP contribution in [0.2, 0.25) is 17.3 Å². The Morgan fingerprint density at radius 1 is 1.07 bits per heavy atom. The van der Waals surface area contributed by atoms with Crippen molar-refractivity contribution in [1.82, 2.24) is 7.61 Å². The molecule has 0 saturated carbocycles. The zero-order valence-corrected chi connectivity index (χ0v) is 21.2. The van der Waals surface area contributed by atoms with Crippen molar-refractivity contribution in [3.63, 3.8) is 0 Å². The van der Waals surface area contributed by atoms with Crippen molar-refractivity contribution in [2.75, 3.05) is 7.11 Å². The average molecular weight is 440 g/mol. The van der Waals surface area contributed by atoms with Crippen molar-refractivity contribution in [2.45, 2.75) is 56.5 Å². The SMILES string of the molecule is COc1ccc2c3c(n(-c4ccccc4)c2c1)C[CH]([Ti][N]([SiH](C)C)C(C)(C)C)C3. The Hall–Kier alpha value is -1.33. The molecule has 1 aromatic heterocycles. The molecule has 0 fully saturated rings. The molecule has 29 heavy (non-hydrogen) atoms. The summed E-state index contributed by atoms with van der Waals surface area (Å²) in [6.07, 6.45) is 2.43. The molecule has 1 aliphatic carbocycles. The van der Waals surface area contributed by atoms with Crippen LogP contribution in [0.5, 0.6) is 5.75 Å². The summed E-state index contributed by atoms with van der Waals surface area (Å²) in [7, 11) is 0.941. The molecule has 152 valence electrons. The van der Waals surface area contributed by atoms with Crippen LogP contribution < -0.4 is 4.74 Å². The summed E-state index contributed by atoms with van der Waals surface area (Å²) in [4.78, 5) is 0. The molecule has 3 nitrogen and oxygen atoms in total. The molecule has 0 bridgehead atoms. The molecule has 0 radical (unpaired) electrons. The third-order valence-electron chi connectivity index (χ3n) is 5.85. The van der Waals surface area contributed by atoms with Gasteiger partial charge in [-0.1, -0.05) is 0 Å². The van der Waals surface area contributed by atoms with E-state index in [9.17, 15) is 0 Å². The summed E-state index contributed by atoms with van der Waals surface area (Å²) >= 11 is -0.151. The van der Waals surface area contributed by atoms with E-state index < -0.39 is 8.96 Å². The summed E-state index contributed by atoms with van der Waals surface area (Å²) in [6, 6.07) is 17.4. The number of ether oxygens (including phenoxy) is 1. The number of para-hydroxylation sites is 1. The van der Waals surface area contributed by atoms with E-state index in [-0.39, 0.29) is 19.4 Å². The fraction of sp³-hybridized carbons (Fsp3) is 0.417. The minimum absolute atomic E-state index is 0.151. The molecule has 3 aromatic rings. The van der Waals surface area contributed by atoms with Crippen LogP contribution in [-0.4, -0.2) is 29.2 Å². The van der Waals surface area contributed by atoms with Gasteiger partial charge in [0.25, 0.3) is 0 Å². The number of methoxy groups -OCH3 is 1. The number of rotatable bonds is 5. The Bertz CT molecular complexity index is 1010. The number of fused-ring (bicyclic) bond motifs is 3. The van der Waals surface area contributed by atoms with Crippen molar-refractivity contribution in [3.05, 3.63) is 59.8 Å². The van der Waals surface area contributed by atoms with Crippen LogP contribution in [-0.2, 0) is 32.3 Å². The second-order valence-corrected chi connectivity index (χ2v) is 15.3. The fourth-order valence-corrected chi connectivity index (χ4v) is 11.0. The van der Waals surface area contributed by atoms with Crippen LogP contribution in [0.3, 0.4) is 0 Å². The molecule has 0 aliphatic heterocycles. The van der Waals surface area contributed by atoms with Gasteiger partial charge in [-0.05, 0) is 0 Å². The maximum atomic E-state index is 5.54. The van der Waals surface area contributed by atoms with Gasteiger partial charge in [0, 0.05) is 0 Å². The van der Waals surface area contributed by atoms with Crippen LogP contribution in [0.1, 0.15) is 32.0 Å². The first kappa shape index (κ1) is 20.9. The van der Waals surface area contributed by atoms with Gasteiger partial charge in [0.15, 0.2) is 0 Å². The van der Waals surface area contributed by atoms with Crippen molar-refractivity contribution in [1.29, 1.82) is 0 Å². The van der Waals surface area contributed by atoms with Gasteiger partial charge in [-0.3, -0.25) is 0 Å². The molecule has 5 heteroatoms. The first-order valence-corrected chi connectivity index (χ1v) is 15.0. The molecule has 0 N–H and O–H groups in total. The molecule has 0 spiro atoms. The van der Waals surface area contributed by atoms with Gasteiger partial charge in [0.05, 0.1) is 0 Å². The van der Waals surface area contributed by atoms with Gasteiger partial charge in [-0.15, -0.1) is 0 Å². The number of nitrogens with zero attached hydrogens (tertiary/aromatic N) is 2. The van der Waals surface area contributed by atoms with E-state index in [1.54, 1.807) is 12.7 Å². The zero-order valence-electron chi connectivity index (χ0n) is 18.5. The Morgan fingerprint density at radius 3 is 2.41 bits per heavy atom. The van der Waals surface area contributed by atoms with Crippen LogP contribution in [0.15, 0.2) is 48.5 Å². The number of benzene rings is 2. The topological polar surface area (TPSA) is 17.4 Å². The Kier molecular flexibility index (Phi) is 5.82. The Morgan fingerprint density at radius 2 is 1.79 bits per heavy atom. The van der Waals surface area contributed by atoms with Gasteiger partial charge in [0.2, 0.25) is 0 Å². The van der Waals surface area contributed by atoms with Crippen molar-refractivity contribution >= 4 is 19.9 Å². The van der Waals surface area contributed by atoms with Gasteiger partial charge < -0.3 is 0 Å². The number of hydrogen-bond donors (Lipinski definition) is 0. The van der Waals surface area contributed by atoms with E-state index in [1.807, 2.05) is 0 Å². The van der Waals surface area contributed by atoms with Crippen LogP contribution in [0, 0.1) is 0 Å². The van der Waals surface area contributed by atoms with E-state index >= 15 is 0 Å². The maximum absolute atomic E-state index is 5.54. The first-order chi connectivity index (χ1) is 13.8. The van der Waals surface area contributed by atoms with Crippen molar-refractivity contribution < 1.29 is 24.1 Å². The third-order valence-corrected chi connectivity index (χ3v) is 13.4. The summed E-state index contributed by atoms with van der Waals surface area (Å²) in [5.74, 6) is 0.931. The van der Waals surface area contributed by atoms with Crippen LogP contribution in [0.4, 0.5) is 0 Å². The van der Waals surface area contributed by atoms with E-state index in [0.29, 0.717) is 5.54 Å². The van der Waals surface area contributed by atoms with E-state index in [0.717, 1.165) is 9.97 Å².